The van der Waals surface area contributed by atoms with Gasteiger partial charge in [0.1, 0.15) is 11.8 Å². The summed E-state index contributed by atoms with van der Waals surface area (Å²) in [4.78, 5) is 24.7. The van der Waals surface area contributed by atoms with Crippen molar-refractivity contribution >= 4 is 23.2 Å². The largest absolute Gasteiger partial charge is 0.368 e. The second-order valence-corrected chi connectivity index (χ2v) is 7.43. The molecule has 4 rings (SSSR count). The van der Waals surface area contributed by atoms with Crippen LogP contribution in [0, 0.1) is 13.8 Å². The van der Waals surface area contributed by atoms with Crippen LogP contribution < -0.4 is 16.1 Å². The van der Waals surface area contributed by atoms with Crippen molar-refractivity contribution in [3.63, 3.8) is 0 Å². The molecule has 158 valence electrons. The molecule has 0 saturated carbocycles. The number of nitrogens with two attached hydrogens (primary N) is 1. The minimum Gasteiger partial charge on any atom is -0.368 e. The first-order chi connectivity index (χ1) is 15.0. The van der Waals surface area contributed by atoms with Crippen molar-refractivity contribution in [1.82, 2.24) is 15.1 Å². The standard InChI is InChI=1S/C23H24N6O2/c1-15-19(16(2)28(26-15)17-9-5-3-6-10-17)14-25-23(31)20-13-21(22(24)30)29(27-20)18-11-7-4-8-12-18/h3-12,21H,13-14H2,1-2H3,(H2,24,30)(H,25,31). The molecule has 0 radical (unpaired) electrons. The number of aromatic nitrogens is 2. The van der Waals surface area contributed by atoms with Gasteiger partial charge in [0, 0.05) is 24.2 Å². The Morgan fingerprint density at radius 3 is 2.26 bits per heavy atom. The lowest BCUT2D eigenvalue weighted by Crippen LogP contribution is -2.39. The molecule has 1 aliphatic heterocycles. The summed E-state index contributed by atoms with van der Waals surface area (Å²) in [6.07, 6.45) is 0.164. The molecule has 0 fully saturated rings. The Bertz CT molecular complexity index is 1140. The number of hydrogen-bond acceptors (Lipinski definition) is 5. The first-order valence-electron chi connectivity index (χ1n) is 10.1. The molecule has 1 unspecified atom stereocenters. The number of benzene rings is 2. The van der Waals surface area contributed by atoms with Crippen molar-refractivity contribution < 1.29 is 9.59 Å². The van der Waals surface area contributed by atoms with Crippen LogP contribution >= 0.6 is 0 Å². The Kier molecular flexibility index (Phi) is 5.53. The Labute approximate surface area is 180 Å². The smallest absolute Gasteiger partial charge is 0.267 e. The molecular weight excluding hydrogens is 392 g/mol. The van der Waals surface area contributed by atoms with Crippen LogP contribution in [-0.2, 0) is 16.1 Å². The van der Waals surface area contributed by atoms with Crippen molar-refractivity contribution in [2.75, 3.05) is 5.01 Å². The molecular formula is C23H24N6O2. The second kappa shape index (κ2) is 8.43. The van der Waals surface area contributed by atoms with Crippen LogP contribution in [0.3, 0.4) is 0 Å². The van der Waals surface area contributed by atoms with E-state index in [0.29, 0.717) is 12.2 Å². The van der Waals surface area contributed by atoms with E-state index < -0.39 is 11.9 Å². The van der Waals surface area contributed by atoms with Crippen LogP contribution in [0.2, 0.25) is 0 Å². The Hall–Kier alpha value is -3.94. The molecule has 2 amide bonds. The number of hydrazone groups is 1. The van der Waals surface area contributed by atoms with Gasteiger partial charge in [0.15, 0.2) is 0 Å². The summed E-state index contributed by atoms with van der Waals surface area (Å²) in [6, 6.07) is 18.4. The Morgan fingerprint density at radius 1 is 1.03 bits per heavy atom. The van der Waals surface area contributed by atoms with Gasteiger partial charge in [-0.3, -0.25) is 14.6 Å². The molecule has 1 atom stereocenters. The lowest BCUT2D eigenvalue weighted by atomic mass is 10.1. The van der Waals surface area contributed by atoms with E-state index in [0.717, 1.165) is 22.6 Å². The minimum atomic E-state index is -0.688. The minimum absolute atomic E-state index is 0.164. The summed E-state index contributed by atoms with van der Waals surface area (Å²) in [5.74, 6) is -0.845. The van der Waals surface area contributed by atoms with Crippen LogP contribution in [-0.4, -0.2) is 33.3 Å². The zero-order valence-corrected chi connectivity index (χ0v) is 17.4. The fourth-order valence-corrected chi connectivity index (χ4v) is 3.71. The molecule has 2 heterocycles. The zero-order valence-electron chi connectivity index (χ0n) is 17.4. The topological polar surface area (TPSA) is 106 Å². The van der Waals surface area contributed by atoms with Gasteiger partial charge in [-0.05, 0) is 38.1 Å². The van der Waals surface area contributed by atoms with Gasteiger partial charge in [-0.1, -0.05) is 36.4 Å². The summed E-state index contributed by atoms with van der Waals surface area (Å²) in [6.45, 7) is 4.21. The second-order valence-electron chi connectivity index (χ2n) is 7.43. The van der Waals surface area contributed by atoms with Crippen molar-refractivity contribution in [3.05, 3.63) is 77.6 Å². The maximum Gasteiger partial charge on any atom is 0.267 e. The van der Waals surface area contributed by atoms with E-state index >= 15 is 0 Å². The summed E-state index contributed by atoms with van der Waals surface area (Å²) in [5, 5.41) is 13.4. The van der Waals surface area contributed by atoms with E-state index in [1.54, 1.807) is 0 Å². The predicted octanol–water partition coefficient (Wildman–Crippen LogP) is 2.23. The average Bonchev–Trinajstić information content (AvgIpc) is 3.35. The van der Waals surface area contributed by atoms with Crippen LogP contribution in [0.15, 0.2) is 65.8 Å². The van der Waals surface area contributed by atoms with Gasteiger partial charge in [-0.2, -0.15) is 10.2 Å². The molecule has 8 heteroatoms. The monoisotopic (exact) mass is 416 g/mol. The normalized spacial score (nSPS) is 15.6. The third kappa shape index (κ3) is 4.05. The van der Waals surface area contributed by atoms with Crippen molar-refractivity contribution in [1.29, 1.82) is 0 Å². The first-order valence-corrected chi connectivity index (χ1v) is 10.1. The molecule has 0 bridgehead atoms. The fraction of sp³-hybridized carbons (Fsp3) is 0.217. The molecule has 0 spiro atoms. The highest BCUT2D eigenvalue weighted by Gasteiger charge is 2.34. The number of rotatable bonds is 6. The molecule has 1 aliphatic rings. The SMILES string of the molecule is Cc1nn(-c2ccccc2)c(C)c1CNC(=O)C1=NN(c2ccccc2)C(C(N)=O)C1. The molecule has 3 N–H and O–H groups in total. The molecule has 3 aromatic rings. The van der Waals surface area contributed by atoms with Crippen LogP contribution in [0.25, 0.3) is 5.69 Å². The van der Waals surface area contributed by atoms with E-state index in [1.807, 2.05) is 79.2 Å². The lowest BCUT2D eigenvalue weighted by molar-refractivity contribution is -0.119. The summed E-state index contributed by atoms with van der Waals surface area (Å²) in [7, 11) is 0. The number of carbonyl (C=O) groups excluding carboxylic acids is 2. The van der Waals surface area contributed by atoms with Gasteiger partial charge >= 0.3 is 0 Å². The van der Waals surface area contributed by atoms with Crippen molar-refractivity contribution in [2.24, 2.45) is 10.8 Å². The predicted molar refractivity (Wildman–Crippen MR) is 119 cm³/mol. The Balaban J connectivity index is 1.50. The van der Waals surface area contributed by atoms with Crippen molar-refractivity contribution in [2.45, 2.75) is 32.9 Å². The van der Waals surface area contributed by atoms with E-state index in [4.69, 9.17) is 5.73 Å². The number of aryl methyl sites for hydroxylation is 1. The van der Waals surface area contributed by atoms with Gasteiger partial charge in [0.25, 0.3) is 5.91 Å². The van der Waals surface area contributed by atoms with Crippen LogP contribution in [0.1, 0.15) is 23.4 Å². The lowest BCUT2D eigenvalue weighted by Gasteiger charge is -2.20. The number of carbonyl (C=O) groups is 2. The number of para-hydroxylation sites is 2. The van der Waals surface area contributed by atoms with Gasteiger partial charge in [-0.25, -0.2) is 4.68 Å². The number of nitrogens with one attached hydrogen (secondary N) is 1. The van der Waals surface area contributed by atoms with Crippen LogP contribution in [0.5, 0.6) is 0 Å². The van der Waals surface area contributed by atoms with E-state index in [2.05, 4.69) is 15.5 Å². The van der Waals surface area contributed by atoms with Crippen molar-refractivity contribution in [3.8, 4) is 5.69 Å². The molecule has 31 heavy (non-hydrogen) atoms. The molecule has 0 aliphatic carbocycles. The summed E-state index contributed by atoms with van der Waals surface area (Å²) >= 11 is 0. The highest BCUT2D eigenvalue weighted by Crippen LogP contribution is 2.24. The molecule has 1 aromatic heterocycles. The quantitative estimate of drug-likeness (QED) is 0.643. The van der Waals surface area contributed by atoms with Gasteiger partial charge in [0.2, 0.25) is 5.91 Å². The third-order valence-electron chi connectivity index (χ3n) is 5.39. The Morgan fingerprint density at radius 2 is 1.65 bits per heavy atom. The molecule has 0 saturated heterocycles. The van der Waals surface area contributed by atoms with E-state index in [9.17, 15) is 9.59 Å². The summed E-state index contributed by atoms with van der Waals surface area (Å²) < 4.78 is 1.87. The number of amides is 2. The van der Waals surface area contributed by atoms with Gasteiger partial charge in [0.05, 0.1) is 17.1 Å². The highest BCUT2D eigenvalue weighted by molar-refractivity contribution is 6.40. The number of nitrogens with zero attached hydrogens (tertiary/aromatic N) is 4. The number of hydrogen-bond donors (Lipinski definition) is 2. The number of anilines is 1. The zero-order chi connectivity index (χ0) is 22.0. The molecule has 8 nitrogen and oxygen atoms in total. The third-order valence-corrected chi connectivity index (χ3v) is 5.39. The van der Waals surface area contributed by atoms with E-state index in [1.165, 1.54) is 5.01 Å². The van der Waals surface area contributed by atoms with Gasteiger partial charge in [-0.15, -0.1) is 0 Å². The van der Waals surface area contributed by atoms with Crippen LogP contribution in [0.4, 0.5) is 5.69 Å². The first kappa shape index (κ1) is 20.3. The van der Waals surface area contributed by atoms with E-state index in [-0.39, 0.29) is 18.0 Å². The molecule has 2 aromatic carbocycles. The maximum atomic E-state index is 12.8. The highest BCUT2D eigenvalue weighted by atomic mass is 16.2. The summed E-state index contributed by atoms with van der Waals surface area (Å²) in [5.41, 5.74) is 10.3. The number of primary amides is 1. The van der Waals surface area contributed by atoms with Gasteiger partial charge < -0.3 is 11.1 Å². The fourth-order valence-electron chi connectivity index (χ4n) is 3.71. The average molecular weight is 416 g/mol. The maximum absolute atomic E-state index is 12.8.